The molecule has 2 aromatic carbocycles. The first kappa shape index (κ1) is 18.9. The molecule has 4 rings (SSSR count). The van der Waals surface area contributed by atoms with Crippen molar-refractivity contribution in [3.8, 4) is 0 Å². The van der Waals surface area contributed by atoms with Crippen molar-refractivity contribution in [3.63, 3.8) is 0 Å². The summed E-state index contributed by atoms with van der Waals surface area (Å²) in [6, 6.07) is 14.0. The molecule has 144 valence electrons. The molecule has 0 amide bonds. The molecule has 0 aliphatic carbocycles. The normalized spacial score (nSPS) is 26.2. The van der Waals surface area contributed by atoms with Crippen molar-refractivity contribution < 1.29 is 16.8 Å². The molecule has 2 aliphatic heterocycles. The fraction of sp³-hybridized carbons (Fsp3) is 0.368. The molecule has 0 N–H and O–H groups in total. The van der Waals surface area contributed by atoms with Gasteiger partial charge in [0.2, 0.25) is 10.0 Å². The molecule has 2 aromatic rings. The number of rotatable bonds is 4. The van der Waals surface area contributed by atoms with Crippen LogP contribution < -0.4 is 0 Å². The Labute approximate surface area is 164 Å². The lowest BCUT2D eigenvalue weighted by Crippen LogP contribution is -2.49. The fourth-order valence-electron chi connectivity index (χ4n) is 4.28. The summed E-state index contributed by atoms with van der Waals surface area (Å²) in [5, 5.41) is -0.187. The van der Waals surface area contributed by atoms with E-state index in [0.29, 0.717) is 35.6 Å². The highest BCUT2D eigenvalue weighted by molar-refractivity contribution is 7.92. The maximum Gasteiger partial charge on any atom is 0.243 e. The second kappa shape index (κ2) is 6.88. The van der Waals surface area contributed by atoms with Crippen LogP contribution in [0.5, 0.6) is 0 Å². The highest BCUT2D eigenvalue weighted by Crippen LogP contribution is 2.43. The van der Waals surface area contributed by atoms with Crippen molar-refractivity contribution in [2.75, 3.05) is 0 Å². The summed E-state index contributed by atoms with van der Waals surface area (Å²) in [5.74, 6) is 0. The average molecular weight is 426 g/mol. The molecule has 2 saturated heterocycles. The highest BCUT2D eigenvalue weighted by atomic mass is 35.5. The molecule has 0 saturated carbocycles. The molecule has 2 bridgehead atoms. The maximum absolute atomic E-state index is 13.1. The lowest BCUT2D eigenvalue weighted by Gasteiger charge is -2.37. The van der Waals surface area contributed by atoms with Gasteiger partial charge < -0.3 is 0 Å². The molecule has 2 aliphatic rings. The summed E-state index contributed by atoms with van der Waals surface area (Å²) >= 11 is 5.97. The number of fused-ring (bicyclic) bond motifs is 2. The highest BCUT2D eigenvalue weighted by Gasteiger charge is 2.50. The molecule has 2 heterocycles. The van der Waals surface area contributed by atoms with Gasteiger partial charge in [-0.25, -0.2) is 16.8 Å². The van der Waals surface area contributed by atoms with Crippen LogP contribution in [0.4, 0.5) is 0 Å². The van der Waals surface area contributed by atoms with Gasteiger partial charge in [-0.1, -0.05) is 35.9 Å². The zero-order chi connectivity index (χ0) is 19.2. The first-order valence-electron chi connectivity index (χ1n) is 8.88. The van der Waals surface area contributed by atoms with Gasteiger partial charge in [0.25, 0.3) is 0 Å². The van der Waals surface area contributed by atoms with Crippen LogP contribution in [-0.4, -0.2) is 38.5 Å². The van der Waals surface area contributed by atoms with E-state index in [2.05, 4.69) is 0 Å². The maximum atomic E-state index is 13.1. The summed E-state index contributed by atoms with van der Waals surface area (Å²) in [4.78, 5) is 0.469. The Morgan fingerprint density at radius 1 is 0.815 bits per heavy atom. The summed E-state index contributed by atoms with van der Waals surface area (Å²) in [7, 11) is -7.17. The quantitative estimate of drug-likeness (QED) is 0.751. The van der Waals surface area contributed by atoms with Crippen molar-refractivity contribution in [1.29, 1.82) is 0 Å². The lowest BCUT2D eigenvalue weighted by molar-refractivity contribution is 0.249. The third-order valence-electron chi connectivity index (χ3n) is 5.50. The van der Waals surface area contributed by atoms with Crippen LogP contribution in [0.3, 0.4) is 0 Å². The minimum atomic E-state index is -3.70. The first-order valence-corrected chi connectivity index (χ1v) is 12.2. The molecule has 27 heavy (non-hydrogen) atoms. The van der Waals surface area contributed by atoms with Crippen LogP contribution in [0.15, 0.2) is 64.4 Å². The van der Waals surface area contributed by atoms with E-state index in [1.54, 1.807) is 42.5 Å². The van der Waals surface area contributed by atoms with Gasteiger partial charge in [-0.3, -0.25) is 0 Å². The number of piperidine rings is 1. The van der Waals surface area contributed by atoms with Crippen molar-refractivity contribution in [2.24, 2.45) is 0 Å². The van der Waals surface area contributed by atoms with Gasteiger partial charge in [0.05, 0.1) is 15.0 Å². The average Bonchev–Trinajstić information content (AvgIpc) is 2.93. The Morgan fingerprint density at radius 2 is 1.41 bits per heavy atom. The molecule has 5 nitrogen and oxygen atoms in total. The van der Waals surface area contributed by atoms with Crippen molar-refractivity contribution in [3.05, 3.63) is 59.6 Å². The Morgan fingerprint density at radius 3 is 2.00 bits per heavy atom. The lowest BCUT2D eigenvalue weighted by atomic mass is 10.1. The van der Waals surface area contributed by atoms with Crippen molar-refractivity contribution >= 4 is 31.5 Å². The molecule has 2 unspecified atom stereocenters. The Hall–Kier alpha value is -1.41. The minimum Gasteiger partial charge on any atom is -0.223 e. The minimum absolute atomic E-state index is 0.163. The van der Waals surface area contributed by atoms with Crippen molar-refractivity contribution in [2.45, 2.75) is 52.8 Å². The molecule has 0 radical (unpaired) electrons. The van der Waals surface area contributed by atoms with Gasteiger partial charge >= 0.3 is 0 Å². The summed E-state index contributed by atoms with van der Waals surface area (Å²) in [5.41, 5.74) is 0. The zero-order valence-electron chi connectivity index (χ0n) is 14.5. The van der Waals surface area contributed by atoms with Gasteiger partial charge in [-0.2, -0.15) is 4.31 Å². The molecular formula is C19H20ClNO4S2. The van der Waals surface area contributed by atoms with Gasteiger partial charge in [-0.15, -0.1) is 0 Å². The van der Waals surface area contributed by atoms with Crippen LogP contribution in [0.1, 0.15) is 25.7 Å². The van der Waals surface area contributed by atoms with E-state index in [1.807, 2.05) is 0 Å². The Balaban J connectivity index is 1.63. The largest absolute Gasteiger partial charge is 0.243 e. The predicted molar refractivity (Wildman–Crippen MR) is 104 cm³/mol. The number of hydrogen-bond acceptors (Lipinski definition) is 4. The van der Waals surface area contributed by atoms with Gasteiger partial charge in [0, 0.05) is 17.1 Å². The molecule has 2 atom stereocenters. The monoisotopic (exact) mass is 425 g/mol. The summed E-state index contributed by atoms with van der Waals surface area (Å²) in [6.07, 6.45) is 2.03. The third-order valence-corrected chi connectivity index (χ3v) is 9.93. The van der Waals surface area contributed by atoms with Crippen LogP contribution >= 0.6 is 11.6 Å². The number of halogens is 1. The van der Waals surface area contributed by atoms with Crippen LogP contribution in [0, 0.1) is 0 Å². The van der Waals surface area contributed by atoms with E-state index >= 15 is 0 Å². The standard InChI is InChI=1S/C19H20ClNO4S2/c20-14-5-4-8-18(11-14)27(24,25)21-15-9-10-16(21)13-19(12-15)26(22,23)17-6-2-1-3-7-17/h1-8,11,15-16,19H,9-10,12-13H2. The topological polar surface area (TPSA) is 71.5 Å². The van der Waals surface area contributed by atoms with Crippen LogP contribution in [-0.2, 0) is 19.9 Å². The van der Waals surface area contributed by atoms with Gasteiger partial charge in [0.1, 0.15) is 0 Å². The van der Waals surface area contributed by atoms with Crippen molar-refractivity contribution in [1.82, 2.24) is 4.31 Å². The summed E-state index contributed by atoms with van der Waals surface area (Å²) in [6.45, 7) is 0. The number of sulfone groups is 1. The molecule has 0 aromatic heterocycles. The molecular weight excluding hydrogens is 406 g/mol. The second-order valence-corrected chi connectivity index (χ2v) is 11.6. The molecule has 2 fully saturated rings. The van der Waals surface area contributed by atoms with Gasteiger partial charge in [-0.05, 0) is 56.0 Å². The smallest absolute Gasteiger partial charge is 0.223 e. The molecule has 0 spiro atoms. The third kappa shape index (κ3) is 3.31. The van der Waals surface area contributed by atoms with E-state index in [9.17, 15) is 16.8 Å². The van der Waals surface area contributed by atoms with E-state index in [-0.39, 0.29) is 17.0 Å². The summed E-state index contributed by atoms with van der Waals surface area (Å²) < 4.78 is 53.8. The fourth-order valence-corrected chi connectivity index (χ4v) is 8.35. The van der Waals surface area contributed by atoms with Crippen LogP contribution in [0.25, 0.3) is 0 Å². The Bertz CT molecular complexity index is 1040. The van der Waals surface area contributed by atoms with Gasteiger partial charge in [0.15, 0.2) is 9.84 Å². The zero-order valence-corrected chi connectivity index (χ0v) is 16.9. The SMILES string of the molecule is O=S(=O)(c1ccccc1)C1CC2CCC(C1)N2S(=O)(=O)c1cccc(Cl)c1. The second-order valence-electron chi connectivity index (χ2n) is 7.13. The number of nitrogens with zero attached hydrogens (tertiary/aromatic N) is 1. The van der Waals surface area contributed by atoms with Crippen LogP contribution in [0.2, 0.25) is 5.02 Å². The Kier molecular flexibility index (Phi) is 4.83. The van der Waals surface area contributed by atoms with E-state index in [4.69, 9.17) is 11.6 Å². The first-order chi connectivity index (χ1) is 12.8. The number of benzene rings is 2. The molecule has 8 heteroatoms. The van der Waals surface area contributed by atoms with E-state index in [0.717, 1.165) is 0 Å². The number of sulfonamides is 1. The van der Waals surface area contributed by atoms with E-state index in [1.165, 1.54) is 16.4 Å². The number of hydrogen-bond donors (Lipinski definition) is 0. The van der Waals surface area contributed by atoms with E-state index < -0.39 is 25.1 Å². The predicted octanol–water partition coefficient (Wildman–Crippen LogP) is 3.50.